The van der Waals surface area contributed by atoms with Crippen molar-refractivity contribution in [2.24, 2.45) is 7.05 Å². The average molecular weight is 374 g/mol. The molecule has 0 unspecified atom stereocenters. The second-order valence-electron chi connectivity index (χ2n) is 6.19. The molecule has 9 heteroatoms. The van der Waals surface area contributed by atoms with Crippen LogP contribution < -0.4 is 10.6 Å². The number of benzene rings is 1. The molecule has 1 amide bonds. The average Bonchev–Trinajstić information content (AvgIpc) is 3.29. The highest BCUT2D eigenvalue weighted by atomic mass is 16.1. The van der Waals surface area contributed by atoms with Crippen LogP contribution in [0.1, 0.15) is 5.56 Å². The molecule has 4 aromatic rings. The molecular formula is C19H18N8O. The summed E-state index contributed by atoms with van der Waals surface area (Å²) in [4.78, 5) is 20.3. The normalized spacial score (nSPS) is 10.8. The highest BCUT2D eigenvalue weighted by molar-refractivity contribution is 5.98. The van der Waals surface area contributed by atoms with Gasteiger partial charge in [-0.3, -0.25) is 9.48 Å². The van der Waals surface area contributed by atoms with Gasteiger partial charge in [0.1, 0.15) is 0 Å². The van der Waals surface area contributed by atoms with Gasteiger partial charge in [-0.05, 0) is 23.8 Å². The number of nitrogens with zero attached hydrogens (tertiary/aromatic N) is 6. The van der Waals surface area contributed by atoms with Crippen LogP contribution in [0.2, 0.25) is 0 Å². The summed E-state index contributed by atoms with van der Waals surface area (Å²) in [5.74, 6) is 0.237. The van der Waals surface area contributed by atoms with Crippen LogP contribution in [-0.2, 0) is 18.4 Å². The fraction of sp³-hybridized carbons (Fsp3) is 0.105. The van der Waals surface area contributed by atoms with Crippen molar-refractivity contribution in [3.63, 3.8) is 0 Å². The van der Waals surface area contributed by atoms with Gasteiger partial charge in [0, 0.05) is 25.1 Å². The number of nitrogens with one attached hydrogen (secondary N) is 2. The van der Waals surface area contributed by atoms with Crippen LogP contribution in [0.3, 0.4) is 0 Å². The third-order valence-electron chi connectivity index (χ3n) is 4.08. The van der Waals surface area contributed by atoms with Crippen LogP contribution in [0.25, 0.3) is 11.0 Å². The van der Waals surface area contributed by atoms with E-state index in [2.05, 4.69) is 37.4 Å². The summed E-state index contributed by atoms with van der Waals surface area (Å²) in [7, 11) is 1.85. The van der Waals surface area contributed by atoms with E-state index >= 15 is 0 Å². The zero-order valence-corrected chi connectivity index (χ0v) is 15.2. The predicted octanol–water partition coefficient (Wildman–Crippen LogP) is 2.48. The molecule has 0 radical (unpaired) electrons. The first kappa shape index (κ1) is 17.4. The van der Waals surface area contributed by atoms with E-state index in [0.717, 1.165) is 22.3 Å². The minimum Gasteiger partial charge on any atom is -0.323 e. The lowest BCUT2D eigenvalue weighted by molar-refractivity contribution is -0.111. The van der Waals surface area contributed by atoms with Crippen molar-refractivity contribution >= 4 is 34.3 Å². The second kappa shape index (κ2) is 7.31. The fourth-order valence-electron chi connectivity index (χ4n) is 2.72. The number of hydrogen-bond donors (Lipinski definition) is 2. The van der Waals surface area contributed by atoms with Gasteiger partial charge in [0.25, 0.3) is 0 Å². The highest BCUT2D eigenvalue weighted by Gasteiger charge is 2.08. The summed E-state index contributed by atoms with van der Waals surface area (Å²) >= 11 is 0. The third kappa shape index (κ3) is 3.73. The van der Waals surface area contributed by atoms with E-state index in [4.69, 9.17) is 0 Å². The minimum absolute atomic E-state index is 0.240. The van der Waals surface area contributed by atoms with E-state index in [9.17, 15) is 4.79 Å². The summed E-state index contributed by atoms with van der Waals surface area (Å²) in [5.41, 5.74) is 3.28. The van der Waals surface area contributed by atoms with Crippen LogP contribution in [0.5, 0.6) is 0 Å². The maximum Gasteiger partial charge on any atom is 0.247 e. The number of fused-ring (bicyclic) bond motifs is 1. The van der Waals surface area contributed by atoms with Crippen LogP contribution in [0.4, 0.5) is 17.3 Å². The molecule has 0 aliphatic heterocycles. The van der Waals surface area contributed by atoms with Crippen LogP contribution in [0.15, 0.2) is 61.7 Å². The van der Waals surface area contributed by atoms with Gasteiger partial charge in [0.05, 0.1) is 30.0 Å². The van der Waals surface area contributed by atoms with Crippen LogP contribution in [0, 0.1) is 0 Å². The van der Waals surface area contributed by atoms with Gasteiger partial charge in [0.15, 0.2) is 5.65 Å². The van der Waals surface area contributed by atoms with Gasteiger partial charge in [-0.1, -0.05) is 18.7 Å². The number of amides is 1. The standard InChI is InChI=1S/C19H18N8O/c1-3-17(28)23-15-6-4-13(5-7-15)11-27-18-14(9-22-27)8-20-19(25-18)24-16-10-21-26(2)12-16/h3-10,12H,1,11H2,2H3,(H,23,28)(H,20,24,25). The first-order valence-corrected chi connectivity index (χ1v) is 8.57. The van der Waals surface area contributed by atoms with E-state index in [-0.39, 0.29) is 5.91 Å². The number of hydrogen-bond acceptors (Lipinski definition) is 6. The molecule has 0 aliphatic carbocycles. The Labute approximate surface area is 160 Å². The first-order chi connectivity index (χ1) is 13.6. The van der Waals surface area contributed by atoms with Crippen LogP contribution >= 0.6 is 0 Å². The lowest BCUT2D eigenvalue weighted by Gasteiger charge is -2.07. The molecule has 9 nitrogen and oxygen atoms in total. The Kier molecular flexibility index (Phi) is 4.55. The van der Waals surface area contributed by atoms with Gasteiger partial charge < -0.3 is 10.6 Å². The van der Waals surface area contributed by atoms with Crippen molar-refractivity contribution in [1.82, 2.24) is 29.5 Å². The lowest BCUT2D eigenvalue weighted by atomic mass is 10.2. The molecule has 0 atom stereocenters. The Morgan fingerprint density at radius 3 is 2.68 bits per heavy atom. The van der Waals surface area contributed by atoms with Crippen LogP contribution in [-0.4, -0.2) is 35.4 Å². The first-order valence-electron chi connectivity index (χ1n) is 8.57. The van der Waals surface area contributed by atoms with Crippen molar-refractivity contribution in [3.8, 4) is 0 Å². The van der Waals surface area contributed by atoms with Gasteiger partial charge in [-0.2, -0.15) is 15.2 Å². The Morgan fingerprint density at radius 2 is 1.96 bits per heavy atom. The zero-order valence-electron chi connectivity index (χ0n) is 15.2. The molecule has 3 aromatic heterocycles. The molecule has 0 bridgehead atoms. The highest BCUT2D eigenvalue weighted by Crippen LogP contribution is 2.17. The van der Waals surface area contributed by atoms with Gasteiger partial charge >= 0.3 is 0 Å². The quantitative estimate of drug-likeness (QED) is 0.503. The molecule has 1 aromatic carbocycles. The number of rotatable bonds is 6. The Bertz CT molecular complexity index is 1140. The molecule has 4 rings (SSSR count). The third-order valence-corrected chi connectivity index (χ3v) is 4.08. The molecule has 0 spiro atoms. The molecule has 140 valence electrons. The van der Waals surface area contributed by atoms with Crippen molar-refractivity contribution < 1.29 is 4.79 Å². The SMILES string of the molecule is C=CC(=O)Nc1ccc(Cn2ncc3cnc(Nc4cnn(C)c4)nc32)cc1. The summed E-state index contributed by atoms with van der Waals surface area (Å²) in [6, 6.07) is 7.55. The van der Waals surface area contributed by atoms with Crippen molar-refractivity contribution in [3.05, 3.63) is 67.3 Å². The van der Waals surface area contributed by atoms with Gasteiger partial charge in [-0.25, -0.2) is 9.67 Å². The van der Waals surface area contributed by atoms with E-state index in [1.165, 1.54) is 6.08 Å². The summed E-state index contributed by atoms with van der Waals surface area (Å²) in [6.45, 7) is 3.99. The number of carbonyl (C=O) groups excluding carboxylic acids is 1. The molecule has 0 aliphatic rings. The topological polar surface area (TPSA) is 103 Å². The van der Waals surface area contributed by atoms with E-state index in [1.54, 1.807) is 23.3 Å². The van der Waals surface area contributed by atoms with E-state index in [1.807, 2.05) is 42.2 Å². The van der Waals surface area contributed by atoms with E-state index in [0.29, 0.717) is 18.2 Å². The molecule has 0 fully saturated rings. The molecule has 28 heavy (non-hydrogen) atoms. The number of anilines is 3. The van der Waals surface area contributed by atoms with Gasteiger partial charge in [-0.15, -0.1) is 0 Å². The largest absolute Gasteiger partial charge is 0.323 e. The summed E-state index contributed by atoms with van der Waals surface area (Å²) < 4.78 is 3.51. The Morgan fingerprint density at radius 1 is 1.14 bits per heavy atom. The van der Waals surface area contributed by atoms with E-state index < -0.39 is 0 Å². The minimum atomic E-state index is -0.240. The second-order valence-corrected chi connectivity index (χ2v) is 6.19. The maximum atomic E-state index is 11.4. The van der Waals surface area contributed by atoms with Gasteiger partial charge in [0.2, 0.25) is 11.9 Å². The Hall–Kier alpha value is -4.01. The number of aromatic nitrogens is 6. The van der Waals surface area contributed by atoms with Crippen molar-refractivity contribution in [2.75, 3.05) is 10.6 Å². The monoisotopic (exact) mass is 374 g/mol. The molecule has 2 N–H and O–H groups in total. The van der Waals surface area contributed by atoms with Crippen molar-refractivity contribution in [2.45, 2.75) is 6.54 Å². The summed E-state index contributed by atoms with van der Waals surface area (Å²) in [5, 5.41) is 15.2. The Balaban J connectivity index is 1.54. The number of aryl methyl sites for hydroxylation is 1. The zero-order chi connectivity index (χ0) is 19.5. The summed E-state index contributed by atoms with van der Waals surface area (Å²) in [6.07, 6.45) is 8.26. The predicted molar refractivity (Wildman–Crippen MR) is 106 cm³/mol. The molecular weight excluding hydrogens is 356 g/mol. The fourth-order valence-corrected chi connectivity index (χ4v) is 2.72. The lowest BCUT2D eigenvalue weighted by Crippen LogP contribution is -2.07. The molecule has 0 saturated carbocycles. The van der Waals surface area contributed by atoms with Crippen molar-refractivity contribution in [1.29, 1.82) is 0 Å². The number of carbonyl (C=O) groups is 1. The molecule has 3 heterocycles. The maximum absolute atomic E-state index is 11.4. The smallest absolute Gasteiger partial charge is 0.247 e. The molecule has 0 saturated heterocycles.